The number of carbonyl (C=O) groups is 2. The van der Waals surface area contributed by atoms with E-state index in [0.29, 0.717) is 30.1 Å². The molecule has 37 heavy (non-hydrogen) atoms. The number of carbonyl (C=O) groups excluding carboxylic acids is 2. The van der Waals surface area contributed by atoms with Crippen molar-refractivity contribution in [2.75, 3.05) is 25.0 Å². The summed E-state index contributed by atoms with van der Waals surface area (Å²) in [5.74, 6) is -0.159. The molecule has 1 fully saturated rings. The van der Waals surface area contributed by atoms with Gasteiger partial charge in [-0.2, -0.15) is 0 Å². The minimum Gasteiger partial charge on any atom is -0.372 e. The fourth-order valence-corrected chi connectivity index (χ4v) is 5.18. The second-order valence-electron chi connectivity index (χ2n) is 10.2. The number of anilines is 1. The minimum atomic E-state index is -0.611. The molecule has 2 N–H and O–H groups in total. The number of hydrogen-bond acceptors (Lipinski definition) is 6. The lowest BCUT2D eigenvalue weighted by molar-refractivity contribution is -0.146. The number of benzene rings is 1. The number of nitrogens with zero attached hydrogens (tertiary/aromatic N) is 3. The first kappa shape index (κ1) is 25.3. The molecule has 1 aliphatic heterocycles. The average Bonchev–Trinajstić information content (AvgIpc) is 3.22. The number of H-pyrrole nitrogens is 1. The maximum atomic E-state index is 13.5. The van der Waals surface area contributed by atoms with Gasteiger partial charge in [-0.05, 0) is 62.6 Å². The fourth-order valence-electron chi connectivity index (χ4n) is 4.96. The highest BCUT2D eigenvalue weighted by Crippen LogP contribution is 2.33. The number of halogens is 1. The van der Waals surface area contributed by atoms with Crippen molar-refractivity contribution in [3.05, 3.63) is 65.2 Å². The Morgan fingerprint density at radius 2 is 1.97 bits per heavy atom. The average molecular weight is 520 g/mol. The number of rotatable bonds is 7. The second kappa shape index (κ2) is 10.2. The Morgan fingerprint density at radius 1 is 1.19 bits per heavy atom. The minimum absolute atomic E-state index is 0.0833. The first-order chi connectivity index (χ1) is 17.7. The standard InChI is InChI=1S/C28H30ClN5O3/c1-17-12-30-8-6-18(17)4-5-20(35)14-34-16-28(2,3)37-15-25(34)27(36)33-23-11-19(29)10-22-21-7-9-31-13-24(21)32-26(22)23/h6-13,25,32H,4-5,14-16H2,1-3H3,(H,33,36). The molecule has 0 radical (unpaired) electrons. The maximum absolute atomic E-state index is 13.5. The lowest BCUT2D eigenvalue weighted by atomic mass is 10.0. The van der Waals surface area contributed by atoms with Gasteiger partial charge < -0.3 is 15.0 Å². The van der Waals surface area contributed by atoms with E-state index in [9.17, 15) is 9.59 Å². The smallest absolute Gasteiger partial charge is 0.244 e. The molecule has 0 bridgehead atoms. The van der Waals surface area contributed by atoms with E-state index in [4.69, 9.17) is 16.3 Å². The number of ether oxygens (including phenoxy) is 1. The summed E-state index contributed by atoms with van der Waals surface area (Å²) in [6, 6.07) is 6.84. The van der Waals surface area contributed by atoms with E-state index in [1.807, 2.05) is 43.9 Å². The van der Waals surface area contributed by atoms with E-state index in [1.54, 1.807) is 30.9 Å². The molecule has 0 aliphatic carbocycles. The highest BCUT2D eigenvalue weighted by atomic mass is 35.5. The Labute approximate surface area is 220 Å². The van der Waals surface area contributed by atoms with Crippen LogP contribution in [0.25, 0.3) is 21.8 Å². The van der Waals surface area contributed by atoms with E-state index < -0.39 is 11.6 Å². The quantitative estimate of drug-likeness (QED) is 0.367. The third-order valence-corrected chi connectivity index (χ3v) is 7.10. The molecular formula is C28H30ClN5O3. The summed E-state index contributed by atoms with van der Waals surface area (Å²) < 4.78 is 5.99. The molecule has 1 amide bonds. The van der Waals surface area contributed by atoms with E-state index in [0.717, 1.165) is 32.9 Å². The number of ketones is 1. The molecule has 1 atom stereocenters. The monoisotopic (exact) mass is 519 g/mol. The summed E-state index contributed by atoms with van der Waals surface area (Å²) in [6.07, 6.45) is 8.06. The van der Waals surface area contributed by atoms with E-state index in [-0.39, 0.29) is 24.8 Å². The van der Waals surface area contributed by atoms with Crippen LogP contribution in [0.1, 0.15) is 31.4 Å². The normalized spacial score (nSPS) is 17.8. The van der Waals surface area contributed by atoms with Gasteiger partial charge in [0.15, 0.2) is 0 Å². The number of pyridine rings is 2. The molecule has 9 heteroatoms. The van der Waals surface area contributed by atoms with Crippen molar-refractivity contribution >= 4 is 50.8 Å². The lowest BCUT2D eigenvalue weighted by Gasteiger charge is -2.42. The molecule has 3 aromatic heterocycles. The van der Waals surface area contributed by atoms with Crippen LogP contribution in [-0.4, -0.2) is 62.9 Å². The van der Waals surface area contributed by atoms with Gasteiger partial charge in [0.05, 0.1) is 41.7 Å². The number of fused-ring (bicyclic) bond motifs is 3. The van der Waals surface area contributed by atoms with Crippen molar-refractivity contribution in [2.24, 2.45) is 0 Å². The number of Topliss-reactive ketones (excluding diaryl/α,β-unsaturated/α-hetero) is 1. The molecule has 0 saturated carbocycles. The Balaban J connectivity index is 1.34. The molecule has 192 valence electrons. The zero-order valence-corrected chi connectivity index (χ0v) is 21.9. The number of hydrogen-bond donors (Lipinski definition) is 2. The molecular weight excluding hydrogens is 490 g/mol. The Hall–Kier alpha value is -3.33. The van der Waals surface area contributed by atoms with Crippen LogP contribution in [0.5, 0.6) is 0 Å². The van der Waals surface area contributed by atoms with Crippen molar-refractivity contribution in [3.63, 3.8) is 0 Å². The van der Waals surface area contributed by atoms with Gasteiger partial charge in [-0.3, -0.25) is 24.5 Å². The zero-order valence-electron chi connectivity index (χ0n) is 21.2. The second-order valence-corrected chi connectivity index (χ2v) is 10.7. The molecule has 4 heterocycles. The van der Waals surface area contributed by atoms with Gasteiger partial charge in [-0.15, -0.1) is 0 Å². The van der Waals surface area contributed by atoms with E-state index >= 15 is 0 Å². The number of amides is 1. The maximum Gasteiger partial charge on any atom is 0.244 e. The number of morpholine rings is 1. The first-order valence-corrected chi connectivity index (χ1v) is 12.7. The van der Waals surface area contributed by atoms with Crippen molar-refractivity contribution < 1.29 is 14.3 Å². The summed E-state index contributed by atoms with van der Waals surface area (Å²) in [4.78, 5) is 40.1. The summed E-state index contributed by atoms with van der Waals surface area (Å²) in [6.45, 7) is 6.77. The van der Waals surface area contributed by atoms with E-state index in [1.165, 1.54) is 0 Å². The van der Waals surface area contributed by atoms with Crippen molar-refractivity contribution in [1.82, 2.24) is 19.9 Å². The number of aromatic amines is 1. The molecule has 1 unspecified atom stereocenters. The third-order valence-electron chi connectivity index (χ3n) is 6.88. The van der Waals surface area contributed by atoms with Gasteiger partial charge in [-0.1, -0.05) is 11.6 Å². The zero-order chi connectivity index (χ0) is 26.2. The SMILES string of the molecule is Cc1cnccc1CCC(=O)CN1CC(C)(C)OCC1C(=O)Nc1cc(Cl)cc2c1[nH]c1cnccc12. The van der Waals surface area contributed by atoms with Crippen LogP contribution in [0.2, 0.25) is 5.02 Å². The van der Waals surface area contributed by atoms with Gasteiger partial charge in [-0.25, -0.2) is 0 Å². The van der Waals surface area contributed by atoms with Crippen LogP contribution < -0.4 is 5.32 Å². The summed E-state index contributed by atoms with van der Waals surface area (Å²) in [5, 5.41) is 5.43. The van der Waals surface area contributed by atoms with Crippen LogP contribution in [0, 0.1) is 6.92 Å². The van der Waals surface area contributed by atoms with Gasteiger partial charge >= 0.3 is 0 Å². The highest BCUT2D eigenvalue weighted by Gasteiger charge is 2.38. The predicted octanol–water partition coefficient (Wildman–Crippen LogP) is 4.69. The van der Waals surface area contributed by atoms with Crippen molar-refractivity contribution in [2.45, 2.75) is 45.3 Å². The van der Waals surface area contributed by atoms with Crippen LogP contribution in [0.3, 0.4) is 0 Å². The van der Waals surface area contributed by atoms with Crippen LogP contribution >= 0.6 is 11.6 Å². The Bertz CT molecular complexity index is 1480. The fraction of sp³-hybridized carbons (Fsp3) is 0.357. The summed E-state index contributed by atoms with van der Waals surface area (Å²) >= 11 is 6.42. The summed E-state index contributed by atoms with van der Waals surface area (Å²) in [7, 11) is 0. The van der Waals surface area contributed by atoms with Gasteiger partial charge in [0.25, 0.3) is 0 Å². The first-order valence-electron chi connectivity index (χ1n) is 12.4. The number of nitrogens with one attached hydrogen (secondary N) is 2. The molecule has 0 spiro atoms. The molecule has 5 rings (SSSR count). The molecule has 8 nitrogen and oxygen atoms in total. The third kappa shape index (κ3) is 5.51. The molecule has 4 aromatic rings. The van der Waals surface area contributed by atoms with Gasteiger partial charge in [0, 0.05) is 47.4 Å². The summed E-state index contributed by atoms with van der Waals surface area (Å²) in [5.41, 5.74) is 3.92. The van der Waals surface area contributed by atoms with Crippen LogP contribution in [0.4, 0.5) is 5.69 Å². The van der Waals surface area contributed by atoms with Crippen molar-refractivity contribution in [3.8, 4) is 0 Å². The Morgan fingerprint density at radius 3 is 2.78 bits per heavy atom. The van der Waals surface area contributed by atoms with E-state index in [2.05, 4.69) is 20.3 Å². The van der Waals surface area contributed by atoms with Gasteiger partial charge in [0.1, 0.15) is 11.8 Å². The molecule has 1 aliphatic rings. The van der Waals surface area contributed by atoms with Crippen LogP contribution in [0.15, 0.2) is 49.1 Å². The largest absolute Gasteiger partial charge is 0.372 e. The predicted molar refractivity (Wildman–Crippen MR) is 145 cm³/mol. The number of aryl methyl sites for hydroxylation is 2. The molecule has 1 saturated heterocycles. The molecule has 1 aromatic carbocycles. The highest BCUT2D eigenvalue weighted by molar-refractivity contribution is 6.33. The lowest BCUT2D eigenvalue weighted by Crippen LogP contribution is -2.59. The van der Waals surface area contributed by atoms with Gasteiger partial charge in [0.2, 0.25) is 5.91 Å². The van der Waals surface area contributed by atoms with Crippen LogP contribution in [-0.2, 0) is 20.7 Å². The number of aromatic nitrogens is 3. The Kier molecular flexibility index (Phi) is 6.98. The van der Waals surface area contributed by atoms with Crippen molar-refractivity contribution in [1.29, 1.82) is 0 Å². The topological polar surface area (TPSA) is 100 Å².